The average molecular weight is 192 g/mol. The summed E-state index contributed by atoms with van der Waals surface area (Å²) in [5.41, 5.74) is 3.60. The molecule has 4 heteroatoms. The third kappa shape index (κ3) is 2.14. The Labute approximate surface area is 83.9 Å². The fraction of sp³-hybridized carbons (Fsp3) is 0.500. The predicted octanol–water partition coefficient (Wildman–Crippen LogP) is 1.44. The first kappa shape index (κ1) is 9.27. The SMILES string of the molecule is CC1CC1CNc1ccnc(NN)c1. The van der Waals surface area contributed by atoms with Crippen LogP contribution in [0.3, 0.4) is 0 Å². The zero-order valence-electron chi connectivity index (χ0n) is 8.33. The number of anilines is 2. The van der Waals surface area contributed by atoms with Crippen molar-refractivity contribution in [3.05, 3.63) is 18.3 Å². The van der Waals surface area contributed by atoms with E-state index < -0.39 is 0 Å². The van der Waals surface area contributed by atoms with Gasteiger partial charge in [-0.05, 0) is 24.3 Å². The minimum absolute atomic E-state index is 0.693. The van der Waals surface area contributed by atoms with Crippen LogP contribution in [-0.4, -0.2) is 11.5 Å². The Bertz CT molecular complexity index is 313. The number of hydrogen-bond acceptors (Lipinski definition) is 4. The van der Waals surface area contributed by atoms with Crippen LogP contribution in [0.5, 0.6) is 0 Å². The van der Waals surface area contributed by atoms with Crippen LogP contribution < -0.4 is 16.6 Å². The molecule has 0 spiro atoms. The molecule has 0 aliphatic heterocycles. The lowest BCUT2D eigenvalue weighted by molar-refractivity contribution is 0.787. The van der Waals surface area contributed by atoms with E-state index >= 15 is 0 Å². The van der Waals surface area contributed by atoms with E-state index in [4.69, 9.17) is 5.84 Å². The van der Waals surface area contributed by atoms with Crippen LogP contribution in [0.2, 0.25) is 0 Å². The lowest BCUT2D eigenvalue weighted by atomic mass is 10.3. The van der Waals surface area contributed by atoms with Crippen LogP contribution in [0.1, 0.15) is 13.3 Å². The second kappa shape index (κ2) is 3.84. The maximum Gasteiger partial charge on any atom is 0.141 e. The van der Waals surface area contributed by atoms with Crippen LogP contribution >= 0.6 is 0 Å². The number of nitrogens with two attached hydrogens (primary N) is 1. The normalized spacial score (nSPS) is 24.4. The summed E-state index contributed by atoms with van der Waals surface area (Å²) >= 11 is 0. The van der Waals surface area contributed by atoms with E-state index in [0.29, 0.717) is 5.82 Å². The Morgan fingerprint density at radius 1 is 1.64 bits per heavy atom. The third-order valence-electron chi connectivity index (χ3n) is 2.75. The van der Waals surface area contributed by atoms with Crippen molar-refractivity contribution >= 4 is 11.5 Å². The Balaban J connectivity index is 1.88. The Morgan fingerprint density at radius 3 is 3.07 bits per heavy atom. The second-order valence-corrected chi connectivity index (χ2v) is 3.93. The highest BCUT2D eigenvalue weighted by molar-refractivity contribution is 5.51. The first-order valence-electron chi connectivity index (χ1n) is 4.96. The molecule has 0 saturated heterocycles. The molecule has 4 N–H and O–H groups in total. The highest BCUT2D eigenvalue weighted by atomic mass is 15.2. The van der Waals surface area contributed by atoms with Gasteiger partial charge in [0.15, 0.2) is 0 Å². The molecule has 1 saturated carbocycles. The highest BCUT2D eigenvalue weighted by Crippen LogP contribution is 2.37. The molecule has 76 valence electrons. The van der Waals surface area contributed by atoms with Gasteiger partial charge in [0.2, 0.25) is 0 Å². The van der Waals surface area contributed by atoms with Crippen LogP contribution in [-0.2, 0) is 0 Å². The Morgan fingerprint density at radius 2 is 2.43 bits per heavy atom. The van der Waals surface area contributed by atoms with Crippen molar-refractivity contribution < 1.29 is 0 Å². The molecule has 2 unspecified atom stereocenters. The van der Waals surface area contributed by atoms with Crippen molar-refractivity contribution in [2.75, 3.05) is 17.3 Å². The number of pyridine rings is 1. The zero-order chi connectivity index (χ0) is 9.97. The van der Waals surface area contributed by atoms with Gasteiger partial charge in [-0.25, -0.2) is 10.8 Å². The molecule has 4 nitrogen and oxygen atoms in total. The summed E-state index contributed by atoms with van der Waals surface area (Å²) in [5, 5.41) is 3.38. The van der Waals surface area contributed by atoms with Crippen LogP contribution in [0, 0.1) is 11.8 Å². The van der Waals surface area contributed by atoms with Crippen molar-refractivity contribution in [2.24, 2.45) is 17.7 Å². The first-order chi connectivity index (χ1) is 6.79. The zero-order valence-corrected chi connectivity index (χ0v) is 8.33. The standard InChI is InChI=1S/C10H16N4/c1-7-4-8(7)6-13-9-2-3-12-10(5-9)14-11/h2-3,5,7-8H,4,6,11H2,1H3,(H2,12,13,14). The fourth-order valence-corrected chi connectivity index (χ4v) is 1.55. The Kier molecular flexibility index (Phi) is 2.54. The van der Waals surface area contributed by atoms with Crippen molar-refractivity contribution in [1.82, 2.24) is 4.98 Å². The van der Waals surface area contributed by atoms with E-state index in [1.54, 1.807) is 6.20 Å². The lowest BCUT2D eigenvalue weighted by Crippen LogP contribution is -2.09. The molecule has 0 radical (unpaired) electrons. The molecule has 1 fully saturated rings. The number of hydrogen-bond donors (Lipinski definition) is 3. The van der Waals surface area contributed by atoms with Crippen molar-refractivity contribution in [2.45, 2.75) is 13.3 Å². The van der Waals surface area contributed by atoms with Gasteiger partial charge in [-0.2, -0.15) is 0 Å². The number of rotatable bonds is 4. The molecule has 1 aliphatic carbocycles. The molecule has 0 bridgehead atoms. The quantitative estimate of drug-likeness (QED) is 0.499. The summed E-state index contributed by atoms with van der Waals surface area (Å²) in [4.78, 5) is 4.04. The molecular weight excluding hydrogens is 176 g/mol. The van der Waals surface area contributed by atoms with E-state index in [2.05, 4.69) is 22.7 Å². The van der Waals surface area contributed by atoms with Crippen LogP contribution in [0.15, 0.2) is 18.3 Å². The highest BCUT2D eigenvalue weighted by Gasteiger charge is 2.31. The summed E-state index contributed by atoms with van der Waals surface area (Å²) in [5.74, 6) is 7.69. The maximum absolute atomic E-state index is 5.27. The van der Waals surface area contributed by atoms with Crippen LogP contribution in [0.25, 0.3) is 0 Å². The second-order valence-electron chi connectivity index (χ2n) is 3.93. The summed E-state index contributed by atoms with van der Waals surface area (Å²) in [6.45, 7) is 3.33. The molecule has 14 heavy (non-hydrogen) atoms. The topological polar surface area (TPSA) is 63.0 Å². The predicted molar refractivity (Wildman–Crippen MR) is 57.8 cm³/mol. The summed E-state index contributed by atoms with van der Waals surface area (Å²) in [7, 11) is 0. The number of nitrogens with one attached hydrogen (secondary N) is 2. The van der Waals surface area contributed by atoms with Gasteiger partial charge in [0, 0.05) is 24.5 Å². The smallest absolute Gasteiger partial charge is 0.141 e. The molecule has 2 rings (SSSR count). The van der Waals surface area contributed by atoms with Crippen molar-refractivity contribution in [1.29, 1.82) is 0 Å². The maximum atomic E-state index is 5.27. The number of nitrogen functional groups attached to an aromatic ring is 1. The van der Waals surface area contributed by atoms with E-state index in [9.17, 15) is 0 Å². The monoisotopic (exact) mass is 192 g/mol. The fourth-order valence-electron chi connectivity index (χ4n) is 1.55. The van der Waals surface area contributed by atoms with Gasteiger partial charge >= 0.3 is 0 Å². The summed E-state index contributed by atoms with van der Waals surface area (Å²) in [6, 6.07) is 3.86. The molecule has 2 atom stereocenters. The van der Waals surface area contributed by atoms with Gasteiger partial charge in [0.25, 0.3) is 0 Å². The van der Waals surface area contributed by atoms with E-state index in [-0.39, 0.29) is 0 Å². The van der Waals surface area contributed by atoms with Gasteiger partial charge in [0.05, 0.1) is 0 Å². The minimum Gasteiger partial charge on any atom is -0.385 e. The van der Waals surface area contributed by atoms with E-state index in [0.717, 1.165) is 24.1 Å². The third-order valence-corrected chi connectivity index (χ3v) is 2.75. The lowest BCUT2D eigenvalue weighted by Gasteiger charge is -2.06. The van der Waals surface area contributed by atoms with Gasteiger partial charge in [-0.3, -0.25) is 0 Å². The number of aromatic nitrogens is 1. The van der Waals surface area contributed by atoms with Gasteiger partial charge in [0.1, 0.15) is 5.82 Å². The van der Waals surface area contributed by atoms with Gasteiger partial charge in [-0.1, -0.05) is 6.92 Å². The molecule has 1 aromatic heterocycles. The summed E-state index contributed by atoms with van der Waals surface area (Å²) in [6.07, 6.45) is 3.09. The Hall–Kier alpha value is -1.29. The number of hydrazine groups is 1. The van der Waals surface area contributed by atoms with E-state index in [1.807, 2.05) is 12.1 Å². The van der Waals surface area contributed by atoms with Gasteiger partial charge < -0.3 is 10.7 Å². The minimum atomic E-state index is 0.693. The molecule has 0 aromatic carbocycles. The van der Waals surface area contributed by atoms with Crippen molar-refractivity contribution in [3.63, 3.8) is 0 Å². The molecule has 1 heterocycles. The molecule has 1 aliphatic rings. The molecular formula is C10H16N4. The first-order valence-corrected chi connectivity index (χ1v) is 4.96. The average Bonchev–Trinajstić information content (AvgIpc) is 2.92. The van der Waals surface area contributed by atoms with E-state index in [1.165, 1.54) is 6.42 Å². The van der Waals surface area contributed by atoms with Crippen LogP contribution in [0.4, 0.5) is 11.5 Å². The van der Waals surface area contributed by atoms with Crippen molar-refractivity contribution in [3.8, 4) is 0 Å². The van der Waals surface area contributed by atoms with Gasteiger partial charge in [-0.15, -0.1) is 0 Å². The molecule has 1 aromatic rings. The largest absolute Gasteiger partial charge is 0.385 e. The summed E-state index contributed by atoms with van der Waals surface area (Å²) < 4.78 is 0. The number of nitrogens with zero attached hydrogens (tertiary/aromatic N) is 1. The molecule has 0 amide bonds.